The summed E-state index contributed by atoms with van der Waals surface area (Å²) in [5.74, 6) is -0.626. The van der Waals surface area contributed by atoms with Crippen molar-refractivity contribution in [1.29, 1.82) is 0 Å². The first-order valence-corrected chi connectivity index (χ1v) is 8.16. The van der Waals surface area contributed by atoms with Crippen LogP contribution in [0.1, 0.15) is 57.7 Å². The molecular formula is C16H24F3N3O. The number of alkyl halides is 3. The van der Waals surface area contributed by atoms with Gasteiger partial charge in [-0.15, -0.1) is 0 Å². The average Bonchev–Trinajstić information content (AvgIpc) is 2.93. The number of aryl methyl sites for hydroxylation is 1. The molecule has 0 spiro atoms. The SMILES string of the molecule is CC(C)c1nccn1CCC(=O)NC1CCCCC1C(F)(F)F. The second-order valence-corrected chi connectivity index (χ2v) is 6.49. The summed E-state index contributed by atoms with van der Waals surface area (Å²) in [5, 5.41) is 2.59. The van der Waals surface area contributed by atoms with E-state index in [1.807, 2.05) is 18.4 Å². The van der Waals surface area contributed by atoms with Gasteiger partial charge in [0.2, 0.25) is 5.91 Å². The molecule has 2 unspecified atom stereocenters. The molecule has 0 radical (unpaired) electrons. The average molecular weight is 331 g/mol. The highest BCUT2D eigenvalue weighted by Crippen LogP contribution is 2.37. The summed E-state index contributed by atoms with van der Waals surface area (Å²) < 4.78 is 41.0. The summed E-state index contributed by atoms with van der Waals surface area (Å²) in [5.41, 5.74) is 0. The number of imidazole rings is 1. The van der Waals surface area contributed by atoms with Crippen LogP contribution >= 0.6 is 0 Å². The van der Waals surface area contributed by atoms with Gasteiger partial charge < -0.3 is 9.88 Å². The molecule has 1 aromatic heterocycles. The van der Waals surface area contributed by atoms with E-state index in [0.29, 0.717) is 19.4 Å². The smallest absolute Gasteiger partial charge is 0.353 e. The Balaban J connectivity index is 1.89. The van der Waals surface area contributed by atoms with Gasteiger partial charge in [-0.3, -0.25) is 4.79 Å². The zero-order valence-electron chi connectivity index (χ0n) is 13.6. The Kier molecular flexibility index (Phi) is 5.70. The van der Waals surface area contributed by atoms with Crippen LogP contribution in [0, 0.1) is 5.92 Å². The molecule has 1 amide bonds. The summed E-state index contributed by atoms with van der Waals surface area (Å²) in [6.07, 6.45) is 1.20. The molecule has 7 heteroatoms. The first kappa shape index (κ1) is 17.8. The molecule has 0 saturated heterocycles. The molecule has 1 aliphatic rings. The van der Waals surface area contributed by atoms with Gasteiger partial charge in [0.05, 0.1) is 5.92 Å². The Morgan fingerprint density at radius 3 is 2.74 bits per heavy atom. The van der Waals surface area contributed by atoms with Gasteiger partial charge in [0.1, 0.15) is 5.82 Å². The van der Waals surface area contributed by atoms with E-state index in [4.69, 9.17) is 0 Å². The number of amides is 1. The number of carbonyl (C=O) groups excluding carboxylic acids is 1. The number of hydrogen-bond donors (Lipinski definition) is 1. The van der Waals surface area contributed by atoms with Crippen LogP contribution < -0.4 is 5.32 Å². The Bertz CT molecular complexity index is 525. The minimum absolute atomic E-state index is 0.105. The predicted octanol–water partition coefficient (Wildman–Crippen LogP) is 3.63. The van der Waals surface area contributed by atoms with Gasteiger partial charge in [-0.2, -0.15) is 13.2 Å². The molecule has 1 aromatic rings. The van der Waals surface area contributed by atoms with E-state index in [1.54, 1.807) is 12.4 Å². The van der Waals surface area contributed by atoms with Crippen LogP contribution in [0.5, 0.6) is 0 Å². The summed E-state index contributed by atoms with van der Waals surface area (Å²) >= 11 is 0. The number of halogens is 3. The summed E-state index contributed by atoms with van der Waals surface area (Å²) in [7, 11) is 0. The van der Waals surface area contributed by atoms with Gasteiger partial charge in [0, 0.05) is 37.3 Å². The molecule has 0 aliphatic heterocycles. The first-order valence-electron chi connectivity index (χ1n) is 8.16. The minimum Gasteiger partial charge on any atom is -0.353 e. The van der Waals surface area contributed by atoms with Gasteiger partial charge in [-0.1, -0.05) is 26.7 Å². The molecule has 130 valence electrons. The lowest BCUT2D eigenvalue weighted by atomic mass is 9.84. The highest BCUT2D eigenvalue weighted by molar-refractivity contribution is 5.76. The second kappa shape index (κ2) is 7.36. The van der Waals surface area contributed by atoms with Crippen molar-refractivity contribution in [3.8, 4) is 0 Å². The monoisotopic (exact) mass is 331 g/mol. The molecule has 2 atom stereocenters. The molecule has 0 aromatic carbocycles. The normalized spacial score (nSPS) is 22.3. The molecular weight excluding hydrogens is 307 g/mol. The van der Waals surface area contributed by atoms with Crippen molar-refractivity contribution in [2.45, 2.75) is 70.6 Å². The van der Waals surface area contributed by atoms with E-state index >= 15 is 0 Å². The Labute approximate surface area is 134 Å². The Morgan fingerprint density at radius 1 is 1.39 bits per heavy atom. The van der Waals surface area contributed by atoms with Crippen LogP contribution in [0.2, 0.25) is 0 Å². The van der Waals surface area contributed by atoms with E-state index < -0.39 is 18.1 Å². The molecule has 4 nitrogen and oxygen atoms in total. The van der Waals surface area contributed by atoms with Gasteiger partial charge >= 0.3 is 6.18 Å². The number of carbonyl (C=O) groups is 1. The fraction of sp³-hybridized carbons (Fsp3) is 0.750. The van der Waals surface area contributed by atoms with E-state index in [1.165, 1.54) is 0 Å². The third kappa shape index (κ3) is 4.72. The maximum atomic E-state index is 13.0. The van der Waals surface area contributed by atoms with Crippen molar-refractivity contribution in [1.82, 2.24) is 14.9 Å². The third-order valence-corrected chi connectivity index (χ3v) is 4.38. The van der Waals surface area contributed by atoms with Crippen LogP contribution in [-0.2, 0) is 11.3 Å². The number of nitrogens with one attached hydrogen (secondary N) is 1. The Morgan fingerprint density at radius 2 is 2.09 bits per heavy atom. The van der Waals surface area contributed by atoms with Crippen molar-refractivity contribution in [2.24, 2.45) is 5.92 Å². The summed E-state index contributed by atoms with van der Waals surface area (Å²) in [4.78, 5) is 16.3. The lowest BCUT2D eigenvalue weighted by molar-refractivity contribution is -0.189. The maximum absolute atomic E-state index is 13.0. The molecule has 0 bridgehead atoms. The lowest BCUT2D eigenvalue weighted by Gasteiger charge is -2.33. The third-order valence-electron chi connectivity index (χ3n) is 4.38. The minimum atomic E-state index is -4.24. The van der Waals surface area contributed by atoms with E-state index in [-0.39, 0.29) is 24.7 Å². The topological polar surface area (TPSA) is 46.9 Å². The van der Waals surface area contributed by atoms with Gasteiger partial charge in [-0.25, -0.2) is 4.98 Å². The fourth-order valence-electron chi connectivity index (χ4n) is 3.21. The van der Waals surface area contributed by atoms with Crippen molar-refractivity contribution in [2.75, 3.05) is 0 Å². The molecule has 1 aliphatic carbocycles. The predicted molar refractivity (Wildman–Crippen MR) is 80.9 cm³/mol. The lowest BCUT2D eigenvalue weighted by Crippen LogP contribution is -2.47. The largest absolute Gasteiger partial charge is 0.393 e. The second-order valence-electron chi connectivity index (χ2n) is 6.49. The zero-order chi connectivity index (χ0) is 17.0. The summed E-state index contributed by atoms with van der Waals surface area (Å²) in [6, 6.07) is -0.788. The maximum Gasteiger partial charge on any atom is 0.393 e. The van der Waals surface area contributed by atoms with Crippen LogP contribution in [0.4, 0.5) is 13.2 Å². The van der Waals surface area contributed by atoms with Crippen molar-refractivity contribution < 1.29 is 18.0 Å². The van der Waals surface area contributed by atoms with Crippen LogP contribution in [0.25, 0.3) is 0 Å². The molecule has 1 saturated carbocycles. The quantitative estimate of drug-likeness (QED) is 0.895. The molecule has 23 heavy (non-hydrogen) atoms. The zero-order valence-corrected chi connectivity index (χ0v) is 13.6. The van der Waals surface area contributed by atoms with Gasteiger partial charge in [0.15, 0.2) is 0 Å². The molecule has 2 rings (SSSR count). The van der Waals surface area contributed by atoms with Crippen LogP contribution in [0.15, 0.2) is 12.4 Å². The first-order chi connectivity index (χ1) is 10.8. The molecule has 1 N–H and O–H groups in total. The van der Waals surface area contributed by atoms with E-state index in [2.05, 4.69) is 10.3 Å². The summed E-state index contributed by atoms with van der Waals surface area (Å²) in [6.45, 7) is 4.45. The highest BCUT2D eigenvalue weighted by atomic mass is 19.4. The van der Waals surface area contributed by atoms with Gasteiger partial charge in [-0.05, 0) is 12.8 Å². The van der Waals surface area contributed by atoms with E-state index in [0.717, 1.165) is 12.2 Å². The molecule has 1 fully saturated rings. The van der Waals surface area contributed by atoms with Gasteiger partial charge in [0.25, 0.3) is 0 Å². The van der Waals surface area contributed by atoms with Crippen molar-refractivity contribution >= 4 is 5.91 Å². The fourth-order valence-corrected chi connectivity index (χ4v) is 3.21. The molecule has 1 heterocycles. The number of nitrogens with zero attached hydrogens (tertiary/aromatic N) is 2. The van der Waals surface area contributed by atoms with E-state index in [9.17, 15) is 18.0 Å². The number of aromatic nitrogens is 2. The Hall–Kier alpha value is -1.53. The van der Waals surface area contributed by atoms with Crippen LogP contribution in [-0.4, -0.2) is 27.7 Å². The number of hydrogen-bond acceptors (Lipinski definition) is 2. The number of rotatable bonds is 5. The van der Waals surface area contributed by atoms with Crippen LogP contribution in [0.3, 0.4) is 0 Å². The van der Waals surface area contributed by atoms with Crippen molar-refractivity contribution in [3.05, 3.63) is 18.2 Å². The highest BCUT2D eigenvalue weighted by Gasteiger charge is 2.45. The van der Waals surface area contributed by atoms with Crippen molar-refractivity contribution in [3.63, 3.8) is 0 Å². The standard InChI is InChI=1S/C16H24F3N3O/c1-11(2)15-20-8-10-22(15)9-7-14(23)21-13-6-4-3-5-12(13)16(17,18)19/h8,10-13H,3-7,9H2,1-2H3,(H,21,23).